The lowest BCUT2D eigenvalue weighted by molar-refractivity contribution is -0.719. The molecule has 2 aromatic rings. The van der Waals surface area contributed by atoms with E-state index in [0.29, 0.717) is 6.04 Å². The summed E-state index contributed by atoms with van der Waals surface area (Å²) in [6, 6.07) is 8.80. The van der Waals surface area contributed by atoms with E-state index in [1.165, 1.54) is 16.7 Å². The van der Waals surface area contributed by atoms with Crippen LogP contribution in [0, 0.1) is 12.8 Å². The smallest absolute Gasteiger partial charge is 0.169 e. The monoisotopic (exact) mass is 309 g/mol. The van der Waals surface area contributed by atoms with Gasteiger partial charge in [0.2, 0.25) is 0 Å². The molecule has 0 amide bonds. The molecule has 0 aliphatic heterocycles. The van der Waals surface area contributed by atoms with Crippen molar-refractivity contribution in [3.05, 3.63) is 85.7 Å². The average Bonchev–Trinajstić information content (AvgIpc) is 2.57. The van der Waals surface area contributed by atoms with Crippen LogP contribution in [-0.4, -0.2) is 4.98 Å². The van der Waals surface area contributed by atoms with Crippen molar-refractivity contribution in [2.45, 2.75) is 19.4 Å². The molecule has 0 aromatic carbocycles. The fourth-order valence-electron chi connectivity index (χ4n) is 2.47. The van der Waals surface area contributed by atoms with E-state index < -0.39 is 0 Å². The number of pyridine rings is 2. The van der Waals surface area contributed by atoms with Crippen molar-refractivity contribution >= 4 is 0 Å². The number of allylic oxidation sites excluding steroid dienone is 4. The van der Waals surface area contributed by atoms with Gasteiger partial charge < -0.3 is 12.4 Å². The first-order chi connectivity index (χ1) is 10.3. The van der Waals surface area contributed by atoms with Crippen LogP contribution < -0.4 is 17.0 Å². The number of nitrogens with zero attached hydrogens (tertiary/aromatic N) is 2. The van der Waals surface area contributed by atoms with E-state index in [0.717, 1.165) is 6.42 Å². The van der Waals surface area contributed by atoms with Gasteiger partial charge in [0, 0.05) is 37.4 Å². The van der Waals surface area contributed by atoms with E-state index in [-0.39, 0.29) is 12.4 Å². The lowest BCUT2D eigenvalue weighted by Crippen LogP contribution is -3.00. The van der Waals surface area contributed by atoms with E-state index in [9.17, 15) is 0 Å². The average molecular weight is 310 g/mol. The molecule has 1 aliphatic carbocycles. The molecule has 2 nitrogen and oxygen atoms in total. The van der Waals surface area contributed by atoms with Crippen molar-refractivity contribution in [1.29, 1.82) is 0 Å². The Morgan fingerprint density at radius 1 is 1.09 bits per heavy atom. The zero-order chi connectivity index (χ0) is 14.5. The summed E-state index contributed by atoms with van der Waals surface area (Å²) in [6.07, 6.45) is 20.3. The molecule has 3 heteroatoms. The van der Waals surface area contributed by atoms with Gasteiger partial charge in [0.25, 0.3) is 0 Å². The van der Waals surface area contributed by atoms with Gasteiger partial charge in [-0.3, -0.25) is 4.98 Å². The van der Waals surface area contributed by atoms with Gasteiger partial charge in [0.05, 0.1) is 0 Å². The Balaban J connectivity index is 0.00000176. The maximum atomic E-state index is 4.06. The highest BCUT2D eigenvalue weighted by Crippen LogP contribution is 2.19. The first-order valence-electron chi connectivity index (χ1n) is 7.19. The summed E-state index contributed by atoms with van der Waals surface area (Å²) in [5, 5.41) is 0. The summed E-state index contributed by atoms with van der Waals surface area (Å²) in [5.41, 5.74) is 3.73. The maximum Gasteiger partial charge on any atom is 0.169 e. The quantitative estimate of drug-likeness (QED) is 0.763. The highest BCUT2D eigenvalue weighted by atomic mass is 35.5. The van der Waals surface area contributed by atoms with Gasteiger partial charge >= 0.3 is 0 Å². The summed E-state index contributed by atoms with van der Waals surface area (Å²) in [6.45, 7) is 2.24. The zero-order valence-electron chi connectivity index (χ0n) is 12.5. The van der Waals surface area contributed by atoms with Crippen molar-refractivity contribution in [1.82, 2.24) is 4.98 Å². The Morgan fingerprint density at radius 2 is 1.77 bits per heavy atom. The Kier molecular flexibility index (Phi) is 5.91. The van der Waals surface area contributed by atoms with E-state index in [4.69, 9.17) is 0 Å². The molecular formula is C19H18ClN2. The van der Waals surface area contributed by atoms with Crippen molar-refractivity contribution in [3.8, 4) is 11.1 Å². The topological polar surface area (TPSA) is 16.8 Å². The van der Waals surface area contributed by atoms with Crippen molar-refractivity contribution in [3.63, 3.8) is 0 Å². The van der Waals surface area contributed by atoms with E-state index >= 15 is 0 Å². The second-order valence-electron chi connectivity index (χ2n) is 5.23. The zero-order valence-corrected chi connectivity index (χ0v) is 13.2. The molecule has 1 aliphatic rings. The summed E-state index contributed by atoms with van der Waals surface area (Å²) < 4.78 is 2.25. The number of halogens is 1. The van der Waals surface area contributed by atoms with Crippen LogP contribution in [-0.2, 0) is 0 Å². The molecule has 0 N–H and O–H groups in total. The Morgan fingerprint density at radius 3 is 2.41 bits per heavy atom. The molecular weight excluding hydrogens is 292 g/mol. The second kappa shape index (κ2) is 7.90. The summed E-state index contributed by atoms with van der Waals surface area (Å²) >= 11 is 0. The molecule has 22 heavy (non-hydrogen) atoms. The summed E-state index contributed by atoms with van der Waals surface area (Å²) in [4.78, 5) is 4.06. The Hall–Kier alpha value is -1.93. The van der Waals surface area contributed by atoms with Crippen LogP contribution in [0.25, 0.3) is 11.1 Å². The number of aromatic nitrogens is 2. The largest absolute Gasteiger partial charge is 1.00 e. The maximum absolute atomic E-state index is 4.06. The van der Waals surface area contributed by atoms with Crippen LogP contribution in [0.5, 0.6) is 0 Å². The highest BCUT2D eigenvalue weighted by Gasteiger charge is 2.14. The molecule has 111 valence electrons. The molecule has 1 unspecified atom stereocenters. The Labute approximate surface area is 138 Å². The van der Waals surface area contributed by atoms with Crippen LogP contribution in [0.4, 0.5) is 0 Å². The fourth-order valence-corrected chi connectivity index (χ4v) is 2.47. The lowest BCUT2D eigenvalue weighted by Gasteiger charge is -2.10. The molecule has 0 fully saturated rings. The third-order valence-electron chi connectivity index (χ3n) is 3.68. The predicted octanol–water partition coefficient (Wildman–Crippen LogP) is 0.773. The van der Waals surface area contributed by atoms with Crippen LogP contribution in [0.15, 0.2) is 72.9 Å². The summed E-state index contributed by atoms with van der Waals surface area (Å²) in [5.74, 6) is 0. The minimum absolute atomic E-state index is 0. The normalized spacial score (nSPS) is 14.9. The van der Waals surface area contributed by atoms with Gasteiger partial charge in [0.1, 0.15) is 0 Å². The van der Waals surface area contributed by atoms with Gasteiger partial charge in [-0.15, -0.1) is 0 Å². The van der Waals surface area contributed by atoms with Crippen LogP contribution in [0.3, 0.4) is 0 Å². The molecule has 3 rings (SSSR count). The second-order valence-corrected chi connectivity index (χ2v) is 5.23. The number of hydrogen-bond donors (Lipinski definition) is 0. The standard InChI is InChI=1S/C19H18N2.ClH/c1-16(15-17-5-3-2-4-6-17)21-13-9-19(10-14-21)18-7-11-20-12-8-18;/h2-3,5-14,16H,15H2,1H3;1H/q+1;/p-1. The van der Waals surface area contributed by atoms with Crippen LogP contribution in [0.2, 0.25) is 0 Å². The molecule has 0 saturated carbocycles. The van der Waals surface area contributed by atoms with Gasteiger partial charge in [-0.05, 0) is 42.2 Å². The van der Waals surface area contributed by atoms with E-state index in [1.807, 2.05) is 37.0 Å². The van der Waals surface area contributed by atoms with Crippen molar-refractivity contribution in [2.75, 3.05) is 0 Å². The third-order valence-corrected chi connectivity index (χ3v) is 3.68. The van der Waals surface area contributed by atoms with E-state index in [2.05, 4.69) is 59.6 Å². The first-order valence-corrected chi connectivity index (χ1v) is 7.19. The fraction of sp³-hybridized carbons (Fsp3) is 0.158. The minimum Gasteiger partial charge on any atom is -1.00 e. The van der Waals surface area contributed by atoms with Gasteiger partial charge in [-0.1, -0.05) is 18.2 Å². The molecule has 2 aromatic heterocycles. The first kappa shape index (κ1) is 16.4. The van der Waals surface area contributed by atoms with Gasteiger partial charge in [-0.25, -0.2) is 4.57 Å². The Bertz CT molecular complexity index is 645. The molecule has 0 saturated heterocycles. The van der Waals surface area contributed by atoms with Crippen LogP contribution >= 0.6 is 0 Å². The molecule has 0 spiro atoms. The number of rotatable bonds is 4. The molecule has 3 radical (unpaired) electrons. The summed E-state index contributed by atoms with van der Waals surface area (Å²) in [7, 11) is 0. The molecule has 1 atom stereocenters. The van der Waals surface area contributed by atoms with Gasteiger partial charge in [-0.2, -0.15) is 0 Å². The predicted molar refractivity (Wildman–Crippen MR) is 84.0 cm³/mol. The van der Waals surface area contributed by atoms with Crippen LogP contribution in [0.1, 0.15) is 19.4 Å². The lowest BCUT2D eigenvalue weighted by atomic mass is 10.0. The molecule has 0 bridgehead atoms. The number of hydrogen-bond acceptors (Lipinski definition) is 1. The van der Waals surface area contributed by atoms with E-state index in [1.54, 1.807) is 0 Å². The van der Waals surface area contributed by atoms with Crippen molar-refractivity contribution < 1.29 is 17.0 Å². The van der Waals surface area contributed by atoms with Gasteiger partial charge in [0.15, 0.2) is 18.4 Å². The highest BCUT2D eigenvalue weighted by molar-refractivity contribution is 5.61. The van der Waals surface area contributed by atoms with Crippen molar-refractivity contribution in [2.24, 2.45) is 0 Å². The third kappa shape index (κ3) is 4.05. The SMILES string of the molecule is CC(CC1=C[C][CH]C=C1)[n+]1ccc(-c2ccncc2)cc1.[Cl-]. The minimum atomic E-state index is 0. The molecule has 2 heterocycles.